The maximum atomic E-state index is 14.0. The van der Waals surface area contributed by atoms with Crippen LogP contribution in [0, 0.1) is 11.7 Å². The van der Waals surface area contributed by atoms with E-state index in [1.165, 1.54) is 12.1 Å². The summed E-state index contributed by atoms with van der Waals surface area (Å²) < 4.78 is 14.0. The van der Waals surface area contributed by atoms with Gasteiger partial charge in [-0.2, -0.15) is 0 Å². The molecule has 4 nitrogen and oxygen atoms in total. The van der Waals surface area contributed by atoms with Crippen molar-refractivity contribution in [2.45, 2.75) is 37.8 Å². The Kier molecular flexibility index (Phi) is 5.99. The molecule has 138 valence electrons. The molecule has 1 fully saturated rings. The number of carbonyl (C=O) groups is 1. The first-order valence-corrected chi connectivity index (χ1v) is 9.19. The van der Waals surface area contributed by atoms with Crippen LogP contribution in [0.2, 0.25) is 0 Å². The molecule has 1 saturated carbocycles. The van der Waals surface area contributed by atoms with Gasteiger partial charge >= 0.3 is 0 Å². The Balaban J connectivity index is 1.83. The molecule has 0 saturated heterocycles. The predicted molar refractivity (Wildman–Crippen MR) is 100 cm³/mol. The van der Waals surface area contributed by atoms with Gasteiger partial charge in [-0.25, -0.2) is 4.39 Å². The summed E-state index contributed by atoms with van der Waals surface area (Å²) >= 11 is 0. The zero-order valence-corrected chi connectivity index (χ0v) is 15.4. The van der Waals surface area contributed by atoms with Crippen molar-refractivity contribution in [1.29, 1.82) is 0 Å². The van der Waals surface area contributed by atoms with Crippen molar-refractivity contribution < 1.29 is 9.18 Å². The van der Waals surface area contributed by atoms with Crippen molar-refractivity contribution >= 4 is 5.91 Å². The Bertz CT molecular complexity index is 735. The molecule has 26 heavy (non-hydrogen) atoms. The van der Waals surface area contributed by atoms with E-state index in [1.807, 2.05) is 12.3 Å². The Hall–Kier alpha value is -2.27. The van der Waals surface area contributed by atoms with Gasteiger partial charge in [0.05, 0.1) is 5.56 Å². The summed E-state index contributed by atoms with van der Waals surface area (Å²) in [7, 11) is 4.12. The van der Waals surface area contributed by atoms with Crippen LogP contribution in [0.25, 0.3) is 0 Å². The fourth-order valence-electron chi connectivity index (χ4n) is 4.09. The monoisotopic (exact) mass is 355 g/mol. The van der Waals surface area contributed by atoms with Crippen molar-refractivity contribution in [3.05, 3.63) is 65.7 Å². The largest absolute Gasteiger partial charge is 0.349 e. The van der Waals surface area contributed by atoms with Crippen LogP contribution < -0.4 is 5.32 Å². The van der Waals surface area contributed by atoms with E-state index in [0.29, 0.717) is 0 Å². The number of aromatic nitrogens is 1. The molecule has 1 aromatic heterocycles. The Labute approximate surface area is 154 Å². The number of pyridine rings is 1. The SMILES string of the molecule is CN(C)C(c1cccnc1)C1CCCCC1NC(=O)c1ccccc1F. The van der Waals surface area contributed by atoms with E-state index in [1.54, 1.807) is 18.3 Å². The molecule has 3 rings (SSSR count). The lowest BCUT2D eigenvalue weighted by molar-refractivity contribution is 0.0841. The number of amides is 1. The zero-order valence-electron chi connectivity index (χ0n) is 15.4. The Morgan fingerprint density at radius 1 is 1.19 bits per heavy atom. The van der Waals surface area contributed by atoms with Crippen molar-refractivity contribution in [2.24, 2.45) is 5.92 Å². The summed E-state index contributed by atoms with van der Waals surface area (Å²) in [6, 6.07) is 10.4. The standard InChI is InChI=1S/C21H26FN3O/c1-25(2)20(15-8-7-13-23-14-15)17-10-4-6-12-19(17)24-21(26)16-9-3-5-11-18(16)22/h3,5,7-9,11,13-14,17,19-20H,4,6,10,12H2,1-2H3,(H,24,26). The second-order valence-electron chi connectivity index (χ2n) is 7.20. The molecule has 0 spiro atoms. The average molecular weight is 355 g/mol. The highest BCUT2D eigenvalue weighted by molar-refractivity contribution is 5.94. The summed E-state index contributed by atoms with van der Waals surface area (Å²) in [5.74, 6) is -0.545. The van der Waals surface area contributed by atoms with E-state index in [-0.39, 0.29) is 29.5 Å². The normalized spacial score (nSPS) is 21.4. The molecule has 1 amide bonds. The topological polar surface area (TPSA) is 45.2 Å². The van der Waals surface area contributed by atoms with Crippen molar-refractivity contribution in [3.63, 3.8) is 0 Å². The Morgan fingerprint density at radius 2 is 1.96 bits per heavy atom. The molecule has 5 heteroatoms. The average Bonchev–Trinajstić information content (AvgIpc) is 2.64. The van der Waals surface area contributed by atoms with Gasteiger partial charge in [-0.3, -0.25) is 9.78 Å². The third-order valence-electron chi connectivity index (χ3n) is 5.24. The summed E-state index contributed by atoms with van der Waals surface area (Å²) in [5, 5.41) is 3.11. The van der Waals surface area contributed by atoms with Gasteiger partial charge in [0.15, 0.2) is 0 Å². The van der Waals surface area contributed by atoms with Crippen LogP contribution in [0.15, 0.2) is 48.8 Å². The van der Waals surface area contributed by atoms with Crippen LogP contribution in [0.4, 0.5) is 4.39 Å². The quantitative estimate of drug-likeness (QED) is 0.887. The third kappa shape index (κ3) is 4.10. The van der Waals surface area contributed by atoms with Gasteiger partial charge in [-0.05, 0) is 56.6 Å². The molecular weight excluding hydrogens is 329 g/mol. The molecule has 0 aliphatic heterocycles. The highest BCUT2D eigenvalue weighted by Gasteiger charge is 2.35. The van der Waals surface area contributed by atoms with Gasteiger partial charge in [-0.15, -0.1) is 0 Å². The second-order valence-corrected chi connectivity index (χ2v) is 7.20. The van der Waals surface area contributed by atoms with Crippen molar-refractivity contribution in [3.8, 4) is 0 Å². The maximum absolute atomic E-state index is 14.0. The van der Waals surface area contributed by atoms with Gasteiger partial charge < -0.3 is 10.2 Å². The fourth-order valence-corrected chi connectivity index (χ4v) is 4.09. The Morgan fingerprint density at radius 3 is 2.65 bits per heavy atom. The lowest BCUT2D eigenvalue weighted by atomic mass is 9.77. The van der Waals surface area contributed by atoms with Gasteiger partial charge in [0.25, 0.3) is 5.91 Å². The number of nitrogens with one attached hydrogen (secondary N) is 1. The van der Waals surface area contributed by atoms with E-state index >= 15 is 0 Å². The molecule has 0 radical (unpaired) electrons. The first-order valence-electron chi connectivity index (χ1n) is 9.19. The molecular formula is C21H26FN3O. The van der Waals surface area contributed by atoms with Crippen molar-refractivity contribution in [2.75, 3.05) is 14.1 Å². The minimum absolute atomic E-state index is 0.0171. The molecule has 3 atom stereocenters. The number of hydrogen-bond donors (Lipinski definition) is 1. The molecule has 1 aromatic carbocycles. The minimum Gasteiger partial charge on any atom is -0.349 e. The van der Waals surface area contributed by atoms with E-state index in [0.717, 1.165) is 31.2 Å². The van der Waals surface area contributed by atoms with Crippen molar-refractivity contribution in [1.82, 2.24) is 15.2 Å². The number of halogens is 1. The number of hydrogen-bond acceptors (Lipinski definition) is 3. The van der Waals surface area contributed by atoms with Gasteiger partial charge in [0, 0.05) is 24.5 Å². The van der Waals surface area contributed by atoms with Crippen LogP contribution in [0.3, 0.4) is 0 Å². The second kappa shape index (κ2) is 8.41. The van der Waals surface area contributed by atoms with Crippen LogP contribution in [0.1, 0.15) is 47.6 Å². The first-order chi connectivity index (χ1) is 12.6. The van der Waals surface area contributed by atoms with Gasteiger partial charge in [0.2, 0.25) is 0 Å². The lowest BCUT2D eigenvalue weighted by Gasteiger charge is -2.40. The molecule has 2 aromatic rings. The fraction of sp³-hybridized carbons (Fsp3) is 0.429. The predicted octanol–water partition coefficient (Wildman–Crippen LogP) is 3.81. The molecule has 0 bridgehead atoms. The highest BCUT2D eigenvalue weighted by Crippen LogP contribution is 2.37. The van der Waals surface area contributed by atoms with E-state index < -0.39 is 5.82 Å². The van der Waals surface area contributed by atoms with Gasteiger partial charge in [0.1, 0.15) is 5.82 Å². The van der Waals surface area contributed by atoms with Gasteiger partial charge in [-0.1, -0.05) is 31.0 Å². The third-order valence-corrected chi connectivity index (χ3v) is 5.24. The maximum Gasteiger partial charge on any atom is 0.254 e. The summed E-state index contributed by atoms with van der Waals surface area (Å²) in [4.78, 5) is 19.1. The number of carbonyl (C=O) groups excluding carboxylic acids is 1. The minimum atomic E-state index is -0.478. The van der Waals surface area contributed by atoms with E-state index in [4.69, 9.17) is 0 Å². The zero-order chi connectivity index (χ0) is 18.5. The smallest absolute Gasteiger partial charge is 0.254 e. The molecule has 1 heterocycles. The van der Waals surface area contributed by atoms with Crippen LogP contribution >= 0.6 is 0 Å². The van der Waals surface area contributed by atoms with Crippen LogP contribution in [-0.4, -0.2) is 35.9 Å². The van der Waals surface area contributed by atoms with Crippen LogP contribution in [0.5, 0.6) is 0 Å². The summed E-state index contributed by atoms with van der Waals surface area (Å²) in [5.41, 5.74) is 1.26. The first kappa shape index (κ1) is 18.5. The van der Waals surface area contributed by atoms with E-state index in [9.17, 15) is 9.18 Å². The molecule has 3 unspecified atom stereocenters. The number of nitrogens with zero attached hydrogens (tertiary/aromatic N) is 2. The lowest BCUT2D eigenvalue weighted by Crippen LogP contribution is -2.47. The molecule has 1 N–H and O–H groups in total. The number of rotatable bonds is 5. The molecule has 1 aliphatic carbocycles. The van der Waals surface area contributed by atoms with E-state index in [2.05, 4.69) is 35.4 Å². The van der Waals surface area contributed by atoms with Crippen LogP contribution in [-0.2, 0) is 0 Å². The summed E-state index contributed by atoms with van der Waals surface area (Å²) in [6.45, 7) is 0. The highest BCUT2D eigenvalue weighted by atomic mass is 19.1. The number of benzene rings is 1. The molecule has 1 aliphatic rings. The summed E-state index contributed by atoms with van der Waals surface area (Å²) in [6.07, 6.45) is 7.83.